The zero-order chi connectivity index (χ0) is 27.1. The van der Waals surface area contributed by atoms with Crippen molar-refractivity contribution < 1.29 is 19.6 Å². The summed E-state index contributed by atoms with van der Waals surface area (Å²) in [6.07, 6.45) is 0. The summed E-state index contributed by atoms with van der Waals surface area (Å²) in [4.78, 5) is 40.5. The predicted octanol–water partition coefficient (Wildman–Crippen LogP) is 5.58. The second kappa shape index (κ2) is 9.54. The molecule has 0 radical (unpaired) electrons. The lowest BCUT2D eigenvalue weighted by Crippen LogP contribution is -2.29. The average molecular weight is 500 g/mol. The van der Waals surface area contributed by atoms with E-state index in [4.69, 9.17) is 0 Å². The molecule has 0 saturated carbocycles. The number of aliphatic hydroxyl groups excluding tert-OH is 1. The van der Waals surface area contributed by atoms with Gasteiger partial charge in [-0.05, 0) is 52.9 Å². The van der Waals surface area contributed by atoms with Gasteiger partial charge in [0.25, 0.3) is 17.4 Å². The van der Waals surface area contributed by atoms with Crippen LogP contribution in [0.4, 0.5) is 17.1 Å². The Morgan fingerprint density at radius 3 is 1.97 bits per heavy atom. The summed E-state index contributed by atoms with van der Waals surface area (Å²) in [6.45, 7) is 6.28. The fourth-order valence-electron chi connectivity index (χ4n) is 4.39. The summed E-state index contributed by atoms with van der Waals surface area (Å²) in [6, 6.07) is 19.2. The monoisotopic (exact) mass is 499 g/mol. The molecule has 1 saturated heterocycles. The van der Waals surface area contributed by atoms with Gasteiger partial charge >= 0.3 is 0 Å². The first-order chi connectivity index (χ1) is 17.4. The van der Waals surface area contributed by atoms with Crippen LogP contribution in [0.3, 0.4) is 0 Å². The third kappa shape index (κ3) is 4.82. The molecule has 37 heavy (non-hydrogen) atoms. The van der Waals surface area contributed by atoms with E-state index in [1.54, 1.807) is 12.1 Å². The van der Waals surface area contributed by atoms with Crippen LogP contribution in [0.15, 0.2) is 78.4 Å². The maximum absolute atomic E-state index is 13.4. The van der Waals surface area contributed by atoms with E-state index in [9.17, 15) is 24.8 Å². The Hall–Kier alpha value is -4.46. The Labute approximate surface area is 215 Å². The van der Waals surface area contributed by atoms with Crippen LogP contribution in [-0.4, -0.2) is 35.8 Å². The Morgan fingerprint density at radius 1 is 0.919 bits per heavy atom. The van der Waals surface area contributed by atoms with E-state index in [1.165, 1.54) is 29.2 Å². The summed E-state index contributed by atoms with van der Waals surface area (Å²) >= 11 is 0. The standard InChI is InChI=1S/C29H29N3O5/c1-29(2,3)20-10-6-18(7-11-20)25-24(26(33)19-8-12-23(13-9-19)32(36)37)27(34)28(35)31(25)22-16-14-21(15-17-22)30(4)5/h6-17,25,33H,1-5H3/b26-24-. The number of nitro benzene ring substituents is 1. The molecular weight excluding hydrogens is 470 g/mol. The van der Waals surface area contributed by atoms with E-state index in [1.807, 2.05) is 55.4 Å². The van der Waals surface area contributed by atoms with Crippen molar-refractivity contribution in [1.29, 1.82) is 0 Å². The third-order valence-corrected chi connectivity index (χ3v) is 6.53. The molecule has 1 heterocycles. The second-order valence-corrected chi connectivity index (χ2v) is 10.3. The van der Waals surface area contributed by atoms with Gasteiger partial charge in [-0.1, -0.05) is 45.0 Å². The third-order valence-electron chi connectivity index (χ3n) is 6.53. The highest BCUT2D eigenvalue weighted by Crippen LogP contribution is 2.43. The Bertz CT molecular complexity index is 1380. The van der Waals surface area contributed by atoms with Crippen LogP contribution in [0.1, 0.15) is 43.5 Å². The quantitative estimate of drug-likeness (QED) is 0.161. The number of aliphatic hydroxyl groups is 1. The smallest absolute Gasteiger partial charge is 0.300 e. The molecule has 3 aromatic carbocycles. The molecule has 0 aliphatic carbocycles. The van der Waals surface area contributed by atoms with Gasteiger partial charge in [-0.15, -0.1) is 0 Å². The Kier molecular flexibility index (Phi) is 6.61. The molecule has 0 aromatic heterocycles. The molecule has 1 atom stereocenters. The number of hydrogen-bond acceptors (Lipinski definition) is 6. The summed E-state index contributed by atoms with van der Waals surface area (Å²) in [5, 5.41) is 22.3. The Balaban J connectivity index is 1.89. The number of amides is 1. The molecule has 1 N–H and O–H groups in total. The zero-order valence-electron chi connectivity index (χ0n) is 21.4. The van der Waals surface area contributed by atoms with Crippen LogP contribution >= 0.6 is 0 Å². The fourth-order valence-corrected chi connectivity index (χ4v) is 4.39. The number of nitrogens with zero attached hydrogens (tertiary/aromatic N) is 3. The zero-order valence-corrected chi connectivity index (χ0v) is 21.4. The van der Waals surface area contributed by atoms with Gasteiger partial charge in [-0.25, -0.2) is 0 Å². The van der Waals surface area contributed by atoms with Crippen LogP contribution < -0.4 is 9.80 Å². The number of carbonyl (C=O) groups is 2. The normalized spacial score (nSPS) is 17.2. The lowest BCUT2D eigenvalue weighted by atomic mass is 9.85. The van der Waals surface area contributed by atoms with Crippen molar-refractivity contribution in [2.24, 2.45) is 0 Å². The predicted molar refractivity (Wildman–Crippen MR) is 144 cm³/mol. The number of anilines is 2. The van der Waals surface area contributed by atoms with Gasteiger partial charge in [0.15, 0.2) is 0 Å². The van der Waals surface area contributed by atoms with Crippen LogP contribution in [0.5, 0.6) is 0 Å². The van der Waals surface area contributed by atoms with Crippen molar-refractivity contribution in [3.8, 4) is 0 Å². The van der Waals surface area contributed by atoms with Crippen LogP contribution in [0.2, 0.25) is 0 Å². The fraction of sp³-hybridized carbons (Fsp3) is 0.241. The van der Waals surface area contributed by atoms with Crippen molar-refractivity contribution in [2.75, 3.05) is 23.9 Å². The van der Waals surface area contributed by atoms with Crippen LogP contribution in [0, 0.1) is 10.1 Å². The molecule has 3 aromatic rings. The van der Waals surface area contributed by atoms with E-state index in [2.05, 4.69) is 20.8 Å². The Morgan fingerprint density at radius 2 is 1.49 bits per heavy atom. The van der Waals surface area contributed by atoms with Crippen molar-refractivity contribution in [2.45, 2.75) is 32.2 Å². The van der Waals surface area contributed by atoms with Crippen molar-refractivity contribution in [3.63, 3.8) is 0 Å². The van der Waals surface area contributed by atoms with E-state index in [0.717, 1.165) is 11.3 Å². The number of Topliss-reactive ketones (excluding diaryl/α,β-unsaturated/α-hetero) is 1. The lowest BCUT2D eigenvalue weighted by molar-refractivity contribution is -0.384. The molecule has 0 spiro atoms. The van der Waals surface area contributed by atoms with Crippen LogP contribution in [-0.2, 0) is 15.0 Å². The minimum absolute atomic E-state index is 0.0703. The highest BCUT2D eigenvalue weighted by Gasteiger charge is 2.47. The van der Waals surface area contributed by atoms with Crippen LogP contribution in [0.25, 0.3) is 5.76 Å². The summed E-state index contributed by atoms with van der Waals surface area (Å²) in [7, 11) is 3.81. The maximum Gasteiger partial charge on any atom is 0.300 e. The number of ketones is 1. The molecule has 1 aliphatic heterocycles. The minimum Gasteiger partial charge on any atom is -0.507 e. The topological polar surface area (TPSA) is 104 Å². The molecular formula is C29H29N3O5. The first-order valence-corrected chi connectivity index (χ1v) is 11.8. The number of non-ortho nitro benzene ring substituents is 1. The first kappa shape index (κ1) is 25.6. The highest BCUT2D eigenvalue weighted by molar-refractivity contribution is 6.51. The van der Waals surface area contributed by atoms with Gasteiger partial charge < -0.3 is 10.0 Å². The molecule has 190 valence electrons. The van der Waals surface area contributed by atoms with Gasteiger partial charge in [0.05, 0.1) is 16.5 Å². The summed E-state index contributed by atoms with van der Waals surface area (Å²) < 4.78 is 0. The molecule has 0 bridgehead atoms. The molecule has 1 unspecified atom stereocenters. The van der Waals surface area contributed by atoms with E-state index in [-0.39, 0.29) is 28.0 Å². The summed E-state index contributed by atoms with van der Waals surface area (Å²) in [5.74, 6) is -1.96. The molecule has 8 heteroatoms. The lowest BCUT2D eigenvalue weighted by Gasteiger charge is -2.27. The van der Waals surface area contributed by atoms with Crippen molar-refractivity contribution in [1.82, 2.24) is 0 Å². The number of nitro groups is 1. The highest BCUT2D eigenvalue weighted by atomic mass is 16.6. The molecule has 1 amide bonds. The largest absolute Gasteiger partial charge is 0.507 e. The molecule has 8 nitrogen and oxygen atoms in total. The van der Waals surface area contributed by atoms with E-state index >= 15 is 0 Å². The first-order valence-electron chi connectivity index (χ1n) is 11.8. The summed E-state index contributed by atoms with van der Waals surface area (Å²) in [5.41, 5.74) is 3.08. The van der Waals surface area contributed by atoms with E-state index < -0.39 is 22.7 Å². The van der Waals surface area contributed by atoms with E-state index in [0.29, 0.717) is 11.3 Å². The van der Waals surface area contributed by atoms with Crippen molar-refractivity contribution in [3.05, 3.63) is 105 Å². The van der Waals surface area contributed by atoms with Crippen molar-refractivity contribution >= 4 is 34.5 Å². The second-order valence-electron chi connectivity index (χ2n) is 10.3. The van der Waals surface area contributed by atoms with Gasteiger partial charge in [-0.2, -0.15) is 0 Å². The SMILES string of the molecule is CN(C)c1ccc(N2C(=O)C(=O)/C(=C(\O)c3ccc([N+](=O)[O-])cc3)C2c2ccc(C(C)(C)C)cc2)cc1. The molecule has 4 rings (SSSR count). The number of rotatable bonds is 5. The number of carbonyl (C=O) groups excluding carboxylic acids is 2. The number of hydrogen-bond donors (Lipinski definition) is 1. The number of benzene rings is 3. The minimum atomic E-state index is -0.880. The maximum atomic E-state index is 13.4. The average Bonchev–Trinajstić information content (AvgIpc) is 3.13. The molecule has 1 aliphatic rings. The van der Waals surface area contributed by atoms with Gasteiger partial charge in [0, 0.05) is 43.2 Å². The van der Waals surface area contributed by atoms with Gasteiger partial charge in [0.2, 0.25) is 0 Å². The molecule has 1 fully saturated rings. The van der Waals surface area contributed by atoms with Gasteiger partial charge in [0.1, 0.15) is 5.76 Å². The van der Waals surface area contributed by atoms with Gasteiger partial charge in [-0.3, -0.25) is 24.6 Å².